The summed E-state index contributed by atoms with van der Waals surface area (Å²) in [5.74, 6) is -11.2. The third-order valence-electron chi connectivity index (χ3n) is 5.83. The van der Waals surface area contributed by atoms with E-state index in [1.165, 1.54) is 45.2 Å². The third-order valence-corrected chi connectivity index (χ3v) is 6.57. The molecule has 2 aromatic rings. The molecule has 0 saturated carbocycles. The maximum atomic E-state index is 14.8. The van der Waals surface area contributed by atoms with Crippen molar-refractivity contribution >= 4 is 46.7 Å². The lowest BCUT2D eigenvalue weighted by Gasteiger charge is -2.27. The van der Waals surface area contributed by atoms with Gasteiger partial charge < -0.3 is 20.7 Å². The van der Waals surface area contributed by atoms with Gasteiger partial charge in [0.15, 0.2) is 0 Å². The molecule has 0 bridgehead atoms. The molecule has 41 heavy (non-hydrogen) atoms. The molecule has 0 fully saturated rings. The lowest BCUT2D eigenvalue weighted by Crippen LogP contribution is -2.55. The van der Waals surface area contributed by atoms with Crippen LogP contribution in [0.1, 0.15) is 37.9 Å². The number of methoxy groups -OCH3 is 1. The summed E-state index contributed by atoms with van der Waals surface area (Å²) >= 11 is 11.5. The number of rotatable bonds is 11. The molecule has 0 heterocycles. The molecule has 224 valence electrons. The van der Waals surface area contributed by atoms with Crippen LogP contribution in [0, 0.1) is 5.92 Å². The van der Waals surface area contributed by atoms with E-state index < -0.39 is 65.2 Å². The van der Waals surface area contributed by atoms with E-state index in [1.807, 2.05) is 10.6 Å². The fraction of sp³-hybridized carbons (Fsp3) is 0.385. The van der Waals surface area contributed by atoms with Crippen molar-refractivity contribution in [3.05, 3.63) is 63.6 Å². The summed E-state index contributed by atoms with van der Waals surface area (Å²) in [7, 11) is 1.36. The number of hydrogen-bond acceptors (Lipinski definition) is 5. The molecule has 3 unspecified atom stereocenters. The van der Waals surface area contributed by atoms with E-state index >= 15 is 0 Å². The number of benzene rings is 2. The van der Waals surface area contributed by atoms with E-state index in [2.05, 4.69) is 5.32 Å². The van der Waals surface area contributed by atoms with Gasteiger partial charge in [-0.05, 0) is 42.7 Å². The van der Waals surface area contributed by atoms with Crippen molar-refractivity contribution in [1.82, 2.24) is 16.0 Å². The van der Waals surface area contributed by atoms with Crippen molar-refractivity contribution in [2.75, 3.05) is 7.11 Å². The minimum Gasteiger partial charge on any atom is -0.497 e. The van der Waals surface area contributed by atoms with E-state index in [0.29, 0.717) is 5.75 Å². The number of ether oxygens (including phenoxy) is 1. The van der Waals surface area contributed by atoms with Gasteiger partial charge in [-0.3, -0.25) is 19.2 Å². The molecule has 0 saturated heterocycles. The SMILES string of the molecule is COc1ccc(C(NC(=O)C(C)NC(=O)C(F)(F)c2ccc(Cl)c(Cl)c2)C(=O)NC(C(=O)C(F)(F)F)C(C)C)cc1. The Labute approximate surface area is 241 Å². The lowest BCUT2D eigenvalue weighted by atomic mass is 9.97. The van der Waals surface area contributed by atoms with E-state index in [-0.39, 0.29) is 15.6 Å². The van der Waals surface area contributed by atoms with Crippen molar-refractivity contribution in [2.24, 2.45) is 5.92 Å². The van der Waals surface area contributed by atoms with Gasteiger partial charge in [-0.1, -0.05) is 55.2 Å². The summed E-state index contributed by atoms with van der Waals surface area (Å²) in [4.78, 5) is 50.3. The van der Waals surface area contributed by atoms with Gasteiger partial charge in [-0.2, -0.15) is 22.0 Å². The summed E-state index contributed by atoms with van der Waals surface area (Å²) in [5.41, 5.74) is -0.750. The zero-order chi connectivity index (χ0) is 31.3. The van der Waals surface area contributed by atoms with Gasteiger partial charge in [-0.25, -0.2) is 0 Å². The number of Topliss-reactive ketones (excluding diaryl/α,β-unsaturated/α-hetero) is 1. The second-order valence-corrected chi connectivity index (χ2v) is 10.0. The fourth-order valence-electron chi connectivity index (χ4n) is 3.49. The summed E-state index contributed by atoms with van der Waals surface area (Å²) < 4.78 is 73.9. The van der Waals surface area contributed by atoms with Crippen molar-refractivity contribution in [2.45, 2.75) is 51.0 Å². The minimum absolute atomic E-state index is 0.0288. The number of halogens is 7. The molecular weight excluding hydrogens is 600 g/mol. The van der Waals surface area contributed by atoms with Crippen LogP contribution in [0.2, 0.25) is 10.0 Å². The molecule has 2 rings (SSSR count). The van der Waals surface area contributed by atoms with E-state index in [1.54, 1.807) is 0 Å². The van der Waals surface area contributed by atoms with Gasteiger partial charge in [-0.15, -0.1) is 0 Å². The maximum absolute atomic E-state index is 14.8. The number of hydrogen-bond donors (Lipinski definition) is 3. The highest BCUT2D eigenvalue weighted by Crippen LogP contribution is 2.33. The Bertz CT molecular complexity index is 1290. The fourth-order valence-corrected chi connectivity index (χ4v) is 3.79. The Morgan fingerprint density at radius 2 is 1.39 bits per heavy atom. The molecule has 15 heteroatoms. The molecule has 0 spiro atoms. The van der Waals surface area contributed by atoms with Crippen molar-refractivity contribution in [1.29, 1.82) is 0 Å². The Kier molecular flexibility index (Phi) is 11.1. The molecular formula is C26H26Cl2F5N3O5. The highest BCUT2D eigenvalue weighted by molar-refractivity contribution is 6.42. The van der Waals surface area contributed by atoms with E-state index in [4.69, 9.17) is 27.9 Å². The smallest absolute Gasteiger partial charge is 0.452 e. The van der Waals surface area contributed by atoms with Crippen LogP contribution < -0.4 is 20.7 Å². The van der Waals surface area contributed by atoms with Gasteiger partial charge in [0.1, 0.15) is 17.8 Å². The number of carbonyl (C=O) groups is 4. The van der Waals surface area contributed by atoms with Crippen LogP contribution in [0.4, 0.5) is 22.0 Å². The summed E-state index contributed by atoms with van der Waals surface area (Å²) in [5, 5.41) is 5.80. The predicted molar refractivity (Wildman–Crippen MR) is 140 cm³/mol. The van der Waals surface area contributed by atoms with Crippen LogP contribution >= 0.6 is 23.2 Å². The van der Waals surface area contributed by atoms with Crippen molar-refractivity contribution in [3.63, 3.8) is 0 Å². The number of nitrogens with one attached hydrogen (secondary N) is 3. The number of amides is 3. The number of carbonyl (C=O) groups excluding carboxylic acids is 4. The first-order valence-electron chi connectivity index (χ1n) is 11.9. The monoisotopic (exact) mass is 625 g/mol. The standard InChI is InChI=1S/C26H26Cl2F5N3O5/c1-12(2)19(21(37)26(31,32)33)35-23(39)20(14-5-8-16(41-4)9-6-14)36-22(38)13(3)34-24(40)25(29,30)15-7-10-17(27)18(28)11-15/h5-13,19-20H,1-4H3,(H,34,40)(H,35,39)(H,36,38). The zero-order valence-corrected chi connectivity index (χ0v) is 23.5. The van der Waals surface area contributed by atoms with Crippen LogP contribution in [0.3, 0.4) is 0 Å². The molecule has 3 N–H and O–H groups in total. The van der Waals surface area contributed by atoms with Crippen LogP contribution in [-0.2, 0) is 25.1 Å². The Morgan fingerprint density at radius 3 is 1.88 bits per heavy atom. The van der Waals surface area contributed by atoms with Crippen LogP contribution in [0.25, 0.3) is 0 Å². The quantitative estimate of drug-likeness (QED) is 0.313. The second kappa shape index (κ2) is 13.5. The average Bonchev–Trinajstić information content (AvgIpc) is 2.90. The predicted octanol–water partition coefficient (Wildman–Crippen LogP) is 4.73. The van der Waals surface area contributed by atoms with Gasteiger partial charge >= 0.3 is 12.1 Å². The van der Waals surface area contributed by atoms with Crippen LogP contribution in [-0.4, -0.2) is 48.9 Å². The second-order valence-electron chi connectivity index (χ2n) is 9.21. The first-order valence-corrected chi connectivity index (χ1v) is 12.7. The Morgan fingerprint density at radius 1 is 0.805 bits per heavy atom. The lowest BCUT2D eigenvalue weighted by molar-refractivity contribution is -0.175. The first kappa shape index (κ1) is 33.8. The van der Waals surface area contributed by atoms with Gasteiger partial charge in [0.25, 0.3) is 11.7 Å². The third kappa shape index (κ3) is 8.52. The van der Waals surface area contributed by atoms with E-state index in [9.17, 15) is 41.1 Å². The molecule has 0 aliphatic carbocycles. The van der Waals surface area contributed by atoms with Gasteiger partial charge in [0.05, 0.1) is 23.2 Å². The number of alkyl halides is 5. The molecule has 0 aromatic heterocycles. The minimum atomic E-state index is -5.25. The van der Waals surface area contributed by atoms with Crippen LogP contribution in [0.5, 0.6) is 5.75 Å². The molecule has 3 amide bonds. The highest BCUT2D eigenvalue weighted by atomic mass is 35.5. The summed E-state index contributed by atoms with van der Waals surface area (Å²) in [6.07, 6.45) is -5.25. The summed E-state index contributed by atoms with van der Waals surface area (Å²) in [6.45, 7) is 3.60. The van der Waals surface area contributed by atoms with Crippen molar-refractivity contribution < 1.29 is 45.9 Å². The number of ketones is 1. The van der Waals surface area contributed by atoms with Gasteiger partial charge in [0.2, 0.25) is 11.8 Å². The molecule has 0 aliphatic rings. The largest absolute Gasteiger partial charge is 0.497 e. The highest BCUT2D eigenvalue weighted by Gasteiger charge is 2.46. The normalized spacial score (nSPS) is 14.0. The zero-order valence-electron chi connectivity index (χ0n) is 22.0. The Balaban J connectivity index is 2.30. The topological polar surface area (TPSA) is 114 Å². The average molecular weight is 626 g/mol. The molecule has 2 aromatic carbocycles. The molecule has 8 nitrogen and oxygen atoms in total. The first-order chi connectivity index (χ1) is 18.9. The van der Waals surface area contributed by atoms with Crippen LogP contribution in [0.15, 0.2) is 42.5 Å². The molecule has 3 atom stereocenters. The van der Waals surface area contributed by atoms with E-state index in [0.717, 1.165) is 25.1 Å². The molecule has 0 radical (unpaired) electrons. The van der Waals surface area contributed by atoms with Crippen molar-refractivity contribution in [3.8, 4) is 5.75 Å². The van der Waals surface area contributed by atoms with Gasteiger partial charge in [0, 0.05) is 5.56 Å². The maximum Gasteiger partial charge on any atom is 0.452 e. The summed E-state index contributed by atoms with van der Waals surface area (Å²) in [6, 6.07) is 2.82. The Hall–Kier alpha value is -3.45. The molecule has 0 aliphatic heterocycles.